The average Bonchev–Trinajstić information content (AvgIpc) is 3.16. The molecule has 2 amide bonds. The number of pyridine rings is 1. The summed E-state index contributed by atoms with van der Waals surface area (Å²) in [7, 11) is 0. The number of carbonyl (C=O) groups excluding carboxylic acids is 2. The van der Waals surface area contributed by atoms with Crippen LogP contribution in [0.5, 0.6) is 0 Å². The van der Waals surface area contributed by atoms with Crippen LogP contribution in [0.3, 0.4) is 0 Å². The lowest BCUT2D eigenvalue weighted by molar-refractivity contribution is -0.121. The third-order valence-corrected chi connectivity index (χ3v) is 5.39. The molecule has 3 aromatic rings. The highest BCUT2D eigenvalue weighted by molar-refractivity contribution is 6.05. The fourth-order valence-electron chi connectivity index (χ4n) is 3.78. The second-order valence-electron chi connectivity index (χ2n) is 7.48. The average molecular weight is 400 g/mol. The molecule has 0 bridgehead atoms. The number of amides is 2. The van der Waals surface area contributed by atoms with E-state index >= 15 is 0 Å². The molecule has 0 fully saturated rings. The van der Waals surface area contributed by atoms with E-state index in [4.69, 9.17) is 5.73 Å². The van der Waals surface area contributed by atoms with Gasteiger partial charge in [-0.1, -0.05) is 24.3 Å². The van der Waals surface area contributed by atoms with Gasteiger partial charge in [-0.25, -0.2) is 0 Å². The van der Waals surface area contributed by atoms with Crippen molar-refractivity contribution in [1.82, 2.24) is 10.3 Å². The van der Waals surface area contributed by atoms with Gasteiger partial charge in [-0.3, -0.25) is 14.6 Å². The van der Waals surface area contributed by atoms with Crippen molar-refractivity contribution in [3.8, 4) is 0 Å². The minimum Gasteiger partial charge on any atom is -0.397 e. The number of hydrogen-bond donors (Lipinski definition) is 3. The number of fused-ring (bicyclic) bond motifs is 1. The molecule has 0 saturated carbocycles. The van der Waals surface area contributed by atoms with Crippen molar-refractivity contribution in [2.45, 2.75) is 31.7 Å². The normalized spacial score (nSPS) is 14.7. The van der Waals surface area contributed by atoms with Gasteiger partial charge in [-0.15, -0.1) is 0 Å². The standard InChI is InChI=1S/C24H24N4O2/c25-20-5-1-2-6-22(20)28-24(30)18-8-10-19-17(14-18)9-11-21(19)27-23(29)12-7-16-4-3-13-26-15-16/h1-6,8,10,13-15,21H,7,9,11-12,25H2,(H,27,29)(H,28,30). The van der Waals surface area contributed by atoms with Crippen LogP contribution in [0.4, 0.5) is 11.4 Å². The Bertz CT molecular complexity index is 1070. The molecular weight excluding hydrogens is 376 g/mol. The number of hydrogen-bond acceptors (Lipinski definition) is 4. The van der Waals surface area contributed by atoms with E-state index in [0.717, 1.165) is 29.5 Å². The van der Waals surface area contributed by atoms with E-state index in [9.17, 15) is 9.59 Å². The predicted molar refractivity (Wildman–Crippen MR) is 117 cm³/mol. The van der Waals surface area contributed by atoms with Gasteiger partial charge in [0, 0.05) is 24.4 Å². The molecule has 152 valence electrons. The number of aryl methyl sites for hydroxylation is 2. The Morgan fingerprint density at radius 3 is 2.77 bits per heavy atom. The fraction of sp³-hybridized carbons (Fsp3) is 0.208. The van der Waals surface area contributed by atoms with Crippen LogP contribution in [0.25, 0.3) is 0 Å². The number of nitrogens with one attached hydrogen (secondary N) is 2. The highest BCUT2D eigenvalue weighted by atomic mass is 16.2. The highest BCUT2D eigenvalue weighted by Gasteiger charge is 2.25. The largest absolute Gasteiger partial charge is 0.397 e. The molecule has 0 radical (unpaired) electrons. The van der Waals surface area contributed by atoms with Gasteiger partial charge in [-0.05, 0) is 66.3 Å². The van der Waals surface area contributed by atoms with Crippen LogP contribution in [0.15, 0.2) is 67.0 Å². The van der Waals surface area contributed by atoms with Crippen LogP contribution in [0.2, 0.25) is 0 Å². The van der Waals surface area contributed by atoms with E-state index in [1.54, 1.807) is 30.6 Å². The van der Waals surface area contributed by atoms with Crippen molar-refractivity contribution in [1.29, 1.82) is 0 Å². The Kier molecular flexibility index (Phi) is 5.75. The first-order valence-corrected chi connectivity index (χ1v) is 10.1. The molecule has 2 aromatic carbocycles. The Balaban J connectivity index is 1.38. The summed E-state index contributed by atoms with van der Waals surface area (Å²) in [5.74, 6) is -0.169. The van der Waals surface area contributed by atoms with Gasteiger partial charge in [0.25, 0.3) is 5.91 Å². The number of para-hydroxylation sites is 2. The number of carbonyl (C=O) groups is 2. The van der Waals surface area contributed by atoms with Crippen LogP contribution < -0.4 is 16.4 Å². The number of anilines is 2. The summed E-state index contributed by atoms with van der Waals surface area (Å²) < 4.78 is 0. The second-order valence-corrected chi connectivity index (χ2v) is 7.48. The van der Waals surface area contributed by atoms with Crippen LogP contribution in [-0.2, 0) is 17.6 Å². The zero-order chi connectivity index (χ0) is 20.9. The lowest BCUT2D eigenvalue weighted by Crippen LogP contribution is -2.27. The summed E-state index contributed by atoms with van der Waals surface area (Å²) >= 11 is 0. The number of benzene rings is 2. The maximum absolute atomic E-state index is 12.6. The molecule has 1 aliphatic carbocycles. The van der Waals surface area contributed by atoms with E-state index in [2.05, 4.69) is 15.6 Å². The molecule has 1 aliphatic rings. The predicted octanol–water partition coefficient (Wildman–Crippen LogP) is 3.65. The smallest absolute Gasteiger partial charge is 0.255 e. The van der Waals surface area contributed by atoms with Gasteiger partial charge in [0.2, 0.25) is 5.91 Å². The van der Waals surface area contributed by atoms with Gasteiger partial charge < -0.3 is 16.4 Å². The monoisotopic (exact) mass is 400 g/mol. The lowest BCUT2D eigenvalue weighted by Gasteiger charge is -2.15. The molecule has 1 atom stereocenters. The zero-order valence-corrected chi connectivity index (χ0v) is 16.6. The van der Waals surface area contributed by atoms with Crippen molar-refractivity contribution < 1.29 is 9.59 Å². The first kappa shape index (κ1) is 19.6. The Labute approximate surface area is 175 Å². The molecular formula is C24H24N4O2. The Hall–Kier alpha value is -3.67. The summed E-state index contributed by atoms with van der Waals surface area (Å²) in [5, 5.41) is 5.98. The molecule has 0 saturated heterocycles. The van der Waals surface area contributed by atoms with E-state index in [0.29, 0.717) is 29.8 Å². The molecule has 4 N–H and O–H groups in total. The molecule has 4 rings (SSSR count). The van der Waals surface area contributed by atoms with Gasteiger partial charge in [0.05, 0.1) is 17.4 Å². The minimum atomic E-state index is -0.195. The van der Waals surface area contributed by atoms with Gasteiger partial charge >= 0.3 is 0 Å². The van der Waals surface area contributed by atoms with E-state index in [-0.39, 0.29) is 17.9 Å². The summed E-state index contributed by atoms with van der Waals surface area (Å²) in [6.07, 6.45) is 6.27. The minimum absolute atomic E-state index is 0.0109. The van der Waals surface area contributed by atoms with Gasteiger partial charge in [0.1, 0.15) is 0 Å². The Morgan fingerprint density at radius 2 is 1.97 bits per heavy atom. The molecule has 1 aromatic heterocycles. The number of nitrogen functional groups attached to an aromatic ring is 1. The summed E-state index contributed by atoms with van der Waals surface area (Å²) in [6.45, 7) is 0. The number of rotatable bonds is 6. The Morgan fingerprint density at radius 1 is 1.10 bits per heavy atom. The molecule has 1 heterocycles. The maximum atomic E-state index is 12.6. The van der Waals surface area contributed by atoms with Crippen molar-refractivity contribution in [3.63, 3.8) is 0 Å². The third-order valence-electron chi connectivity index (χ3n) is 5.39. The SMILES string of the molecule is Nc1ccccc1NC(=O)c1ccc2c(c1)CCC2NC(=O)CCc1cccnc1. The van der Waals surface area contributed by atoms with Gasteiger partial charge in [-0.2, -0.15) is 0 Å². The first-order valence-electron chi connectivity index (χ1n) is 10.1. The van der Waals surface area contributed by atoms with Crippen LogP contribution in [-0.4, -0.2) is 16.8 Å². The summed E-state index contributed by atoms with van der Waals surface area (Å²) in [4.78, 5) is 29.1. The number of aromatic nitrogens is 1. The second kappa shape index (κ2) is 8.78. The van der Waals surface area contributed by atoms with Crippen molar-refractivity contribution in [2.24, 2.45) is 0 Å². The first-order chi connectivity index (χ1) is 14.6. The number of nitrogens with zero attached hydrogens (tertiary/aromatic N) is 1. The van der Waals surface area contributed by atoms with E-state index in [1.165, 1.54) is 0 Å². The third kappa shape index (κ3) is 4.49. The van der Waals surface area contributed by atoms with Crippen molar-refractivity contribution in [2.75, 3.05) is 11.1 Å². The fourth-order valence-corrected chi connectivity index (χ4v) is 3.78. The molecule has 6 nitrogen and oxygen atoms in total. The summed E-state index contributed by atoms with van der Waals surface area (Å²) in [6, 6.07) is 16.7. The molecule has 30 heavy (non-hydrogen) atoms. The maximum Gasteiger partial charge on any atom is 0.255 e. The van der Waals surface area contributed by atoms with Crippen molar-refractivity contribution in [3.05, 3.63) is 89.2 Å². The van der Waals surface area contributed by atoms with Crippen molar-refractivity contribution >= 4 is 23.2 Å². The van der Waals surface area contributed by atoms with Crippen LogP contribution in [0.1, 0.15) is 45.9 Å². The van der Waals surface area contributed by atoms with E-state index in [1.807, 2.05) is 36.4 Å². The lowest BCUT2D eigenvalue weighted by atomic mass is 10.0. The number of nitrogens with two attached hydrogens (primary N) is 1. The molecule has 0 spiro atoms. The quantitative estimate of drug-likeness (QED) is 0.550. The molecule has 0 aliphatic heterocycles. The highest BCUT2D eigenvalue weighted by Crippen LogP contribution is 2.32. The molecule has 1 unspecified atom stereocenters. The van der Waals surface area contributed by atoms with Crippen LogP contribution >= 0.6 is 0 Å². The van der Waals surface area contributed by atoms with Gasteiger partial charge in [0.15, 0.2) is 0 Å². The van der Waals surface area contributed by atoms with E-state index < -0.39 is 0 Å². The summed E-state index contributed by atoms with van der Waals surface area (Å²) in [5.41, 5.74) is 10.8. The zero-order valence-electron chi connectivity index (χ0n) is 16.6. The van der Waals surface area contributed by atoms with Crippen LogP contribution in [0, 0.1) is 0 Å². The topological polar surface area (TPSA) is 97.1 Å². The molecule has 6 heteroatoms.